The second-order valence-electron chi connectivity index (χ2n) is 6.58. The fraction of sp³-hybridized carbons (Fsp3) is 0.381. The van der Waals surface area contributed by atoms with Crippen molar-refractivity contribution in [3.8, 4) is 0 Å². The van der Waals surface area contributed by atoms with Crippen molar-refractivity contribution in [2.24, 2.45) is 5.92 Å². The standard InChI is InChI=1S/C21H25NO3/c1-16-14-19(16)20-10-8-18(25-20)9-11-21(23)22-12-5-13-24-15-17-6-3-2-4-7-17/h2-4,6-11,16,19H,5,12-15H2,1H3,(H,22,23). The van der Waals surface area contributed by atoms with Crippen LogP contribution in [0.5, 0.6) is 0 Å². The summed E-state index contributed by atoms with van der Waals surface area (Å²) in [6, 6.07) is 14.0. The van der Waals surface area contributed by atoms with Gasteiger partial charge in [-0.1, -0.05) is 37.3 Å². The van der Waals surface area contributed by atoms with Gasteiger partial charge >= 0.3 is 0 Å². The molecule has 0 saturated heterocycles. The van der Waals surface area contributed by atoms with Crippen LogP contribution >= 0.6 is 0 Å². The normalized spacial score (nSPS) is 19.2. The van der Waals surface area contributed by atoms with Gasteiger partial charge in [-0.3, -0.25) is 4.79 Å². The van der Waals surface area contributed by atoms with Crippen molar-refractivity contribution in [2.75, 3.05) is 13.2 Å². The monoisotopic (exact) mass is 339 g/mol. The minimum Gasteiger partial charge on any atom is -0.461 e. The van der Waals surface area contributed by atoms with Crippen LogP contribution in [0.4, 0.5) is 0 Å². The number of nitrogens with one attached hydrogen (secondary N) is 1. The van der Waals surface area contributed by atoms with Crippen molar-refractivity contribution in [3.05, 3.63) is 65.6 Å². The molecule has 0 spiro atoms. The summed E-state index contributed by atoms with van der Waals surface area (Å²) < 4.78 is 11.3. The maximum Gasteiger partial charge on any atom is 0.244 e. The molecular formula is C21H25NO3. The van der Waals surface area contributed by atoms with E-state index in [1.165, 1.54) is 12.5 Å². The van der Waals surface area contributed by atoms with Crippen LogP contribution in [0.25, 0.3) is 6.08 Å². The Morgan fingerprint density at radius 3 is 2.84 bits per heavy atom. The first-order valence-corrected chi connectivity index (χ1v) is 8.89. The van der Waals surface area contributed by atoms with Crippen molar-refractivity contribution in [2.45, 2.75) is 32.3 Å². The Bertz CT molecular complexity index is 705. The summed E-state index contributed by atoms with van der Waals surface area (Å²) in [5.74, 6) is 2.93. The van der Waals surface area contributed by atoms with Gasteiger partial charge in [-0.2, -0.15) is 0 Å². The molecule has 4 nitrogen and oxygen atoms in total. The highest BCUT2D eigenvalue weighted by molar-refractivity contribution is 5.91. The number of hydrogen-bond donors (Lipinski definition) is 1. The smallest absolute Gasteiger partial charge is 0.244 e. The molecule has 1 N–H and O–H groups in total. The topological polar surface area (TPSA) is 51.5 Å². The van der Waals surface area contributed by atoms with Crippen molar-refractivity contribution in [1.82, 2.24) is 5.32 Å². The van der Waals surface area contributed by atoms with E-state index in [0.29, 0.717) is 25.7 Å². The summed E-state index contributed by atoms with van der Waals surface area (Å²) in [6.07, 6.45) is 5.22. The molecule has 0 aliphatic heterocycles. The number of benzene rings is 1. The van der Waals surface area contributed by atoms with Crippen molar-refractivity contribution in [1.29, 1.82) is 0 Å². The molecule has 2 aromatic rings. The molecule has 1 saturated carbocycles. The van der Waals surface area contributed by atoms with Gasteiger partial charge in [-0.05, 0) is 42.5 Å². The maximum atomic E-state index is 11.8. The number of carbonyl (C=O) groups excluding carboxylic acids is 1. The minimum atomic E-state index is -0.110. The van der Waals surface area contributed by atoms with Gasteiger partial charge in [0.25, 0.3) is 0 Å². The van der Waals surface area contributed by atoms with Crippen molar-refractivity contribution >= 4 is 12.0 Å². The number of amides is 1. The molecule has 2 atom stereocenters. The Morgan fingerprint density at radius 2 is 2.08 bits per heavy atom. The highest BCUT2D eigenvalue weighted by atomic mass is 16.5. The summed E-state index contributed by atoms with van der Waals surface area (Å²) in [6.45, 7) is 4.05. The summed E-state index contributed by atoms with van der Waals surface area (Å²) in [5, 5.41) is 2.85. The van der Waals surface area contributed by atoms with Gasteiger partial charge in [0.05, 0.1) is 6.61 Å². The summed E-state index contributed by atoms with van der Waals surface area (Å²) in [4.78, 5) is 11.8. The molecule has 0 radical (unpaired) electrons. The first-order chi connectivity index (χ1) is 12.2. The molecule has 25 heavy (non-hydrogen) atoms. The fourth-order valence-corrected chi connectivity index (χ4v) is 2.74. The zero-order valence-corrected chi connectivity index (χ0v) is 14.6. The van der Waals surface area contributed by atoms with E-state index in [0.717, 1.165) is 29.4 Å². The van der Waals surface area contributed by atoms with Gasteiger partial charge in [-0.15, -0.1) is 0 Å². The predicted octanol–water partition coefficient (Wildman–Crippen LogP) is 4.14. The third kappa shape index (κ3) is 5.61. The third-order valence-corrected chi connectivity index (χ3v) is 4.40. The van der Waals surface area contributed by atoms with E-state index in [2.05, 4.69) is 12.2 Å². The number of ether oxygens (including phenoxy) is 1. The van der Waals surface area contributed by atoms with E-state index in [9.17, 15) is 4.79 Å². The van der Waals surface area contributed by atoms with E-state index in [-0.39, 0.29) is 5.91 Å². The molecule has 3 rings (SSSR count). The SMILES string of the molecule is CC1CC1c1ccc(C=CC(=O)NCCCOCc2ccccc2)o1. The lowest BCUT2D eigenvalue weighted by Crippen LogP contribution is -2.23. The average molecular weight is 339 g/mol. The van der Waals surface area contributed by atoms with Crippen LogP contribution in [0.15, 0.2) is 53.0 Å². The molecule has 1 heterocycles. The Labute approximate surface area is 148 Å². The lowest BCUT2D eigenvalue weighted by atomic mass is 10.2. The van der Waals surface area contributed by atoms with Gasteiger partial charge in [0.2, 0.25) is 5.91 Å². The van der Waals surface area contributed by atoms with Gasteiger partial charge < -0.3 is 14.5 Å². The van der Waals surface area contributed by atoms with Gasteiger partial charge in [0.15, 0.2) is 0 Å². The van der Waals surface area contributed by atoms with E-state index in [1.54, 1.807) is 6.08 Å². The number of rotatable bonds is 9. The molecular weight excluding hydrogens is 314 g/mol. The highest BCUT2D eigenvalue weighted by Crippen LogP contribution is 2.47. The number of furan rings is 1. The second kappa shape index (κ2) is 8.67. The Morgan fingerprint density at radius 1 is 1.28 bits per heavy atom. The molecule has 1 aliphatic rings. The summed E-state index contributed by atoms with van der Waals surface area (Å²) in [5.41, 5.74) is 1.16. The van der Waals surface area contributed by atoms with Crippen LogP contribution in [0.3, 0.4) is 0 Å². The van der Waals surface area contributed by atoms with Crippen molar-refractivity contribution in [3.63, 3.8) is 0 Å². The molecule has 0 bridgehead atoms. The zero-order chi connectivity index (χ0) is 17.5. The Balaban J connectivity index is 1.28. The van der Waals surface area contributed by atoms with Crippen LogP contribution in [0.1, 0.15) is 42.8 Å². The van der Waals surface area contributed by atoms with Crippen LogP contribution in [0.2, 0.25) is 0 Å². The first kappa shape index (κ1) is 17.5. The lowest BCUT2D eigenvalue weighted by molar-refractivity contribution is -0.116. The summed E-state index contributed by atoms with van der Waals surface area (Å²) in [7, 11) is 0. The van der Waals surface area contributed by atoms with E-state index < -0.39 is 0 Å². The van der Waals surface area contributed by atoms with Gasteiger partial charge in [0.1, 0.15) is 11.5 Å². The zero-order valence-electron chi connectivity index (χ0n) is 14.6. The molecule has 1 aromatic heterocycles. The van der Waals surface area contributed by atoms with E-state index in [1.807, 2.05) is 42.5 Å². The molecule has 4 heteroatoms. The van der Waals surface area contributed by atoms with Gasteiger partial charge in [-0.25, -0.2) is 0 Å². The molecule has 1 amide bonds. The quantitative estimate of drug-likeness (QED) is 0.552. The Hall–Kier alpha value is -2.33. The minimum absolute atomic E-state index is 0.110. The first-order valence-electron chi connectivity index (χ1n) is 8.89. The molecule has 132 valence electrons. The van der Waals surface area contributed by atoms with Crippen LogP contribution in [-0.2, 0) is 16.1 Å². The Kier molecular flexibility index (Phi) is 6.07. The summed E-state index contributed by atoms with van der Waals surface area (Å²) >= 11 is 0. The lowest BCUT2D eigenvalue weighted by Gasteiger charge is -2.05. The van der Waals surface area contributed by atoms with E-state index >= 15 is 0 Å². The highest BCUT2D eigenvalue weighted by Gasteiger charge is 2.36. The fourth-order valence-electron chi connectivity index (χ4n) is 2.74. The van der Waals surface area contributed by atoms with Crippen molar-refractivity contribution < 1.29 is 13.9 Å². The van der Waals surface area contributed by atoms with Crippen LogP contribution in [-0.4, -0.2) is 19.1 Å². The second-order valence-corrected chi connectivity index (χ2v) is 6.58. The van der Waals surface area contributed by atoms with E-state index in [4.69, 9.17) is 9.15 Å². The molecule has 1 fully saturated rings. The molecule has 1 aromatic carbocycles. The largest absolute Gasteiger partial charge is 0.461 e. The predicted molar refractivity (Wildman–Crippen MR) is 98.0 cm³/mol. The number of hydrogen-bond acceptors (Lipinski definition) is 3. The molecule has 1 aliphatic carbocycles. The van der Waals surface area contributed by atoms with Gasteiger partial charge in [0, 0.05) is 25.1 Å². The average Bonchev–Trinajstić information content (AvgIpc) is 3.17. The third-order valence-electron chi connectivity index (χ3n) is 4.40. The molecule has 2 unspecified atom stereocenters. The van der Waals surface area contributed by atoms with Crippen LogP contribution < -0.4 is 5.32 Å². The number of carbonyl (C=O) groups is 1. The maximum absolute atomic E-state index is 11.8. The van der Waals surface area contributed by atoms with Crippen LogP contribution in [0, 0.1) is 5.92 Å².